The SMILES string of the molecule is CC[C@@H](C[N+](C)(C)C)C(=O)/C=C/c1ccccc1. The Labute approximate surface area is 111 Å². The van der Waals surface area contributed by atoms with E-state index in [1.54, 1.807) is 6.08 Å². The average Bonchev–Trinajstić information content (AvgIpc) is 2.33. The maximum absolute atomic E-state index is 12.1. The molecule has 0 saturated heterocycles. The van der Waals surface area contributed by atoms with E-state index >= 15 is 0 Å². The molecule has 1 atom stereocenters. The molecule has 1 rings (SSSR count). The summed E-state index contributed by atoms with van der Waals surface area (Å²) in [6, 6.07) is 9.95. The molecular formula is C16H24NO+. The summed E-state index contributed by atoms with van der Waals surface area (Å²) in [5.74, 6) is 0.347. The van der Waals surface area contributed by atoms with Gasteiger partial charge in [0.25, 0.3) is 0 Å². The molecule has 1 aromatic rings. The first kappa shape index (κ1) is 14.7. The van der Waals surface area contributed by atoms with Gasteiger partial charge in [0, 0.05) is 0 Å². The fourth-order valence-electron chi connectivity index (χ4n) is 1.96. The Kier molecular flexibility index (Phi) is 5.29. The third-order valence-corrected chi connectivity index (χ3v) is 2.90. The standard InChI is InChI=1S/C16H24NO/c1-5-15(13-17(2,3)4)16(18)12-11-14-9-7-6-8-10-14/h6-12,15H,5,13H2,1-4H3/q+1/b12-11+/t15-/m0/s1. The van der Waals surface area contributed by atoms with Crippen LogP contribution in [0.1, 0.15) is 18.9 Å². The molecule has 0 unspecified atom stereocenters. The van der Waals surface area contributed by atoms with Gasteiger partial charge in [0.05, 0.1) is 33.6 Å². The Morgan fingerprint density at radius 2 is 1.83 bits per heavy atom. The van der Waals surface area contributed by atoms with Gasteiger partial charge < -0.3 is 4.48 Å². The van der Waals surface area contributed by atoms with Gasteiger partial charge in [-0.2, -0.15) is 0 Å². The molecule has 1 aromatic carbocycles. The highest BCUT2D eigenvalue weighted by molar-refractivity contribution is 5.95. The minimum Gasteiger partial charge on any atom is -0.330 e. The van der Waals surface area contributed by atoms with E-state index in [9.17, 15) is 4.79 Å². The van der Waals surface area contributed by atoms with E-state index in [0.717, 1.165) is 23.0 Å². The molecule has 0 aromatic heterocycles. The summed E-state index contributed by atoms with van der Waals surface area (Å²) in [6.07, 6.45) is 4.52. The zero-order valence-electron chi connectivity index (χ0n) is 11.9. The van der Waals surface area contributed by atoms with Gasteiger partial charge >= 0.3 is 0 Å². The van der Waals surface area contributed by atoms with E-state index in [1.165, 1.54) is 0 Å². The molecule has 0 radical (unpaired) electrons. The van der Waals surface area contributed by atoms with Gasteiger partial charge in [-0.15, -0.1) is 0 Å². The molecular weight excluding hydrogens is 222 g/mol. The summed E-state index contributed by atoms with van der Waals surface area (Å²) in [4.78, 5) is 12.1. The summed E-state index contributed by atoms with van der Waals surface area (Å²) >= 11 is 0. The third kappa shape index (κ3) is 5.28. The Morgan fingerprint density at radius 3 is 2.33 bits per heavy atom. The molecule has 0 fully saturated rings. The van der Waals surface area contributed by atoms with Gasteiger partial charge in [-0.1, -0.05) is 43.3 Å². The molecule has 2 nitrogen and oxygen atoms in total. The van der Waals surface area contributed by atoms with Crippen molar-refractivity contribution in [3.8, 4) is 0 Å². The maximum Gasteiger partial charge on any atom is 0.164 e. The van der Waals surface area contributed by atoms with Crippen LogP contribution in [0.4, 0.5) is 0 Å². The van der Waals surface area contributed by atoms with Crippen molar-refractivity contribution in [1.29, 1.82) is 0 Å². The highest BCUT2D eigenvalue weighted by Gasteiger charge is 2.21. The molecule has 0 spiro atoms. The predicted octanol–water partition coefficient (Wildman–Crippen LogP) is 3.00. The number of benzene rings is 1. The van der Waals surface area contributed by atoms with Crippen LogP contribution in [-0.4, -0.2) is 38.0 Å². The number of ketones is 1. The first-order valence-corrected chi connectivity index (χ1v) is 6.50. The van der Waals surface area contributed by atoms with Crippen LogP contribution in [0.5, 0.6) is 0 Å². The summed E-state index contributed by atoms with van der Waals surface area (Å²) < 4.78 is 0.823. The molecule has 0 N–H and O–H groups in total. The van der Waals surface area contributed by atoms with Crippen LogP contribution in [0.3, 0.4) is 0 Å². The number of carbonyl (C=O) groups excluding carboxylic acids is 1. The Bertz CT molecular complexity index is 401. The van der Waals surface area contributed by atoms with Crippen molar-refractivity contribution in [3.63, 3.8) is 0 Å². The normalized spacial score (nSPS) is 13.8. The van der Waals surface area contributed by atoms with Gasteiger partial charge in [0.2, 0.25) is 0 Å². The van der Waals surface area contributed by atoms with E-state index in [4.69, 9.17) is 0 Å². The zero-order chi connectivity index (χ0) is 13.6. The second-order valence-electron chi connectivity index (χ2n) is 5.72. The molecule has 0 aliphatic rings. The van der Waals surface area contributed by atoms with Crippen molar-refractivity contribution in [3.05, 3.63) is 42.0 Å². The number of hydrogen-bond donors (Lipinski definition) is 0. The smallest absolute Gasteiger partial charge is 0.164 e. The van der Waals surface area contributed by atoms with Crippen LogP contribution in [0.25, 0.3) is 6.08 Å². The van der Waals surface area contributed by atoms with Crippen molar-refractivity contribution in [2.45, 2.75) is 13.3 Å². The van der Waals surface area contributed by atoms with E-state index < -0.39 is 0 Å². The first-order chi connectivity index (χ1) is 8.42. The Balaban J connectivity index is 2.66. The monoisotopic (exact) mass is 246 g/mol. The lowest BCUT2D eigenvalue weighted by Gasteiger charge is -2.27. The fraction of sp³-hybridized carbons (Fsp3) is 0.438. The number of rotatable bonds is 6. The number of nitrogens with zero attached hydrogens (tertiary/aromatic N) is 1. The van der Waals surface area contributed by atoms with Crippen LogP contribution in [0, 0.1) is 5.92 Å². The molecule has 0 aliphatic carbocycles. The van der Waals surface area contributed by atoms with Gasteiger partial charge in [-0.05, 0) is 18.1 Å². The molecule has 2 heteroatoms. The Morgan fingerprint density at radius 1 is 1.22 bits per heavy atom. The molecule has 98 valence electrons. The summed E-state index contributed by atoms with van der Waals surface area (Å²) in [5, 5.41) is 0. The highest BCUT2D eigenvalue weighted by atomic mass is 16.1. The van der Waals surface area contributed by atoms with Crippen molar-refractivity contribution in [1.82, 2.24) is 0 Å². The van der Waals surface area contributed by atoms with Crippen molar-refractivity contribution in [2.75, 3.05) is 27.7 Å². The number of allylic oxidation sites excluding steroid dienone is 1. The van der Waals surface area contributed by atoms with Gasteiger partial charge in [0.15, 0.2) is 5.78 Å². The number of hydrogen-bond acceptors (Lipinski definition) is 1. The zero-order valence-corrected chi connectivity index (χ0v) is 11.9. The quantitative estimate of drug-likeness (QED) is 0.557. The lowest BCUT2D eigenvalue weighted by atomic mass is 9.99. The van der Waals surface area contributed by atoms with Gasteiger partial charge in [0.1, 0.15) is 0 Å². The van der Waals surface area contributed by atoms with Crippen LogP contribution in [0.15, 0.2) is 36.4 Å². The van der Waals surface area contributed by atoms with E-state index in [-0.39, 0.29) is 11.7 Å². The second kappa shape index (κ2) is 6.50. The van der Waals surface area contributed by atoms with E-state index in [1.807, 2.05) is 36.4 Å². The van der Waals surface area contributed by atoms with Crippen LogP contribution in [0.2, 0.25) is 0 Å². The third-order valence-electron chi connectivity index (χ3n) is 2.90. The second-order valence-corrected chi connectivity index (χ2v) is 5.72. The minimum absolute atomic E-state index is 0.116. The van der Waals surface area contributed by atoms with E-state index in [0.29, 0.717) is 0 Å². The van der Waals surface area contributed by atoms with Crippen LogP contribution >= 0.6 is 0 Å². The topological polar surface area (TPSA) is 17.1 Å². The average molecular weight is 246 g/mol. The Hall–Kier alpha value is -1.41. The van der Waals surface area contributed by atoms with Crippen molar-refractivity contribution in [2.24, 2.45) is 5.92 Å². The van der Waals surface area contributed by atoms with Gasteiger partial charge in [-0.25, -0.2) is 0 Å². The lowest BCUT2D eigenvalue weighted by Crippen LogP contribution is -2.41. The molecule has 0 bridgehead atoms. The molecule has 0 amide bonds. The van der Waals surface area contributed by atoms with Crippen LogP contribution in [-0.2, 0) is 4.79 Å². The molecule has 0 heterocycles. The fourth-order valence-corrected chi connectivity index (χ4v) is 1.96. The first-order valence-electron chi connectivity index (χ1n) is 6.50. The minimum atomic E-state index is 0.116. The molecule has 0 aliphatic heterocycles. The van der Waals surface area contributed by atoms with Gasteiger partial charge in [-0.3, -0.25) is 4.79 Å². The largest absolute Gasteiger partial charge is 0.330 e. The molecule has 18 heavy (non-hydrogen) atoms. The number of carbonyl (C=O) groups is 1. The summed E-state index contributed by atoms with van der Waals surface area (Å²) in [6.45, 7) is 2.96. The predicted molar refractivity (Wildman–Crippen MR) is 77.2 cm³/mol. The highest BCUT2D eigenvalue weighted by Crippen LogP contribution is 2.11. The van der Waals surface area contributed by atoms with E-state index in [2.05, 4.69) is 28.1 Å². The lowest BCUT2D eigenvalue weighted by molar-refractivity contribution is -0.872. The maximum atomic E-state index is 12.1. The van der Waals surface area contributed by atoms with Crippen LogP contribution < -0.4 is 0 Å². The number of quaternary nitrogens is 1. The summed E-state index contributed by atoms with van der Waals surface area (Å²) in [7, 11) is 6.37. The van der Waals surface area contributed by atoms with Crippen molar-refractivity contribution >= 4 is 11.9 Å². The van der Waals surface area contributed by atoms with Crippen molar-refractivity contribution < 1.29 is 9.28 Å². The molecule has 0 saturated carbocycles. The summed E-state index contributed by atoms with van der Waals surface area (Å²) in [5.41, 5.74) is 1.07.